The van der Waals surface area contributed by atoms with Crippen LogP contribution in [0.5, 0.6) is 0 Å². The molecule has 2 atom stereocenters. The summed E-state index contributed by atoms with van der Waals surface area (Å²) in [6.45, 7) is 16.7. The number of hydrogen-bond donors (Lipinski definition) is 0. The highest BCUT2D eigenvalue weighted by Crippen LogP contribution is 2.67. The molecule has 2 aromatic rings. The van der Waals surface area contributed by atoms with Gasteiger partial charge in [0.05, 0.1) is 29.3 Å². The summed E-state index contributed by atoms with van der Waals surface area (Å²) in [5, 5.41) is 0. The molecule has 24 heavy (non-hydrogen) atoms. The van der Waals surface area contributed by atoms with Crippen LogP contribution in [-0.4, -0.2) is 9.55 Å². The van der Waals surface area contributed by atoms with Gasteiger partial charge < -0.3 is 9.47 Å². The molecule has 0 radical (unpaired) electrons. The van der Waals surface area contributed by atoms with Crippen molar-refractivity contribution >= 4 is 5.69 Å². The number of anilines is 1. The Hall–Kier alpha value is -1.77. The first-order valence-corrected chi connectivity index (χ1v) is 8.98. The fraction of sp³-hybridized carbons (Fsp3) is 0.571. The van der Waals surface area contributed by atoms with Gasteiger partial charge in [0.25, 0.3) is 0 Å². The summed E-state index contributed by atoms with van der Waals surface area (Å²) in [5.74, 6) is 0. The minimum absolute atomic E-state index is 0.0497. The molecule has 2 aliphatic heterocycles. The van der Waals surface area contributed by atoms with Crippen LogP contribution in [0.2, 0.25) is 0 Å². The maximum absolute atomic E-state index is 4.78. The number of benzene rings is 1. The molecule has 2 aliphatic rings. The van der Waals surface area contributed by atoms with Crippen LogP contribution < -0.4 is 4.90 Å². The van der Waals surface area contributed by atoms with Crippen LogP contribution in [0.25, 0.3) is 0 Å². The number of aryl methyl sites for hydroxylation is 2. The van der Waals surface area contributed by atoms with Crippen molar-refractivity contribution in [3.8, 4) is 0 Å². The molecule has 1 aromatic heterocycles. The molecule has 3 nitrogen and oxygen atoms in total. The summed E-state index contributed by atoms with van der Waals surface area (Å²) in [6, 6.07) is 7.08. The van der Waals surface area contributed by atoms with E-state index in [2.05, 4.69) is 83.2 Å². The lowest BCUT2D eigenvalue weighted by molar-refractivity contribution is 0.0605. The van der Waals surface area contributed by atoms with Crippen LogP contribution in [-0.2, 0) is 18.0 Å². The van der Waals surface area contributed by atoms with Crippen molar-refractivity contribution < 1.29 is 0 Å². The molecule has 0 saturated carbocycles. The van der Waals surface area contributed by atoms with Gasteiger partial charge in [-0.15, -0.1) is 0 Å². The van der Waals surface area contributed by atoms with E-state index >= 15 is 0 Å². The molecule has 0 amide bonds. The minimum atomic E-state index is -0.0877. The summed E-state index contributed by atoms with van der Waals surface area (Å²) in [6.07, 6.45) is 1.99. The van der Waals surface area contributed by atoms with Crippen molar-refractivity contribution in [2.45, 2.75) is 65.5 Å². The normalized spacial score (nSPS) is 29.2. The molecule has 1 unspecified atom stereocenters. The lowest BCUT2D eigenvalue weighted by atomic mass is 9.52. The highest BCUT2D eigenvalue weighted by molar-refractivity contribution is 5.71. The third-order valence-electron chi connectivity index (χ3n) is 7.62. The Balaban J connectivity index is 2.16. The Labute approximate surface area is 145 Å². The van der Waals surface area contributed by atoms with E-state index < -0.39 is 0 Å². The second-order valence-electron chi connectivity index (χ2n) is 8.93. The summed E-state index contributed by atoms with van der Waals surface area (Å²) in [4.78, 5) is 7.44. The van der Waals surface area contributed by atoms with Gasteiger partial charge in [0.15, 0.2) is 0 Å². The van der Waals surface area contributed by atoms with Gasteiger partial charge in [-0.2, -0.15) is 0 Å². The fourth-order valence-corrected chi connectivity index (χ4v) is 5.41. The fourth-order valence-electron chi connectivity index (χ4n) is 5.41. The van der Waals surface area contributed by atoms with Crippen LogP contribution in [0.3, 0.4) is 0 Å². The largest absolute Gasteiger partial charge is 0.351 e. The summed E-state index contributed by atoms with van der Waals surface area (Å²) in [5.41, 5.74) is 6.87. The highest BCUT2D eigenvalue weighted by Gasteiger charge is 2.65. The summed E-state index contributed by atoms with van der Waals surface area (Å²) < 4.78 is 2.24. The number of para-hydroxylation sites is 1. The zero-order chi connectivity index (χ0) is 17.7. The zero-order valence-electron chi connectivity index (χ0n) is 16.2. The molecular weight excluding hydrogens is 294 g/mol. The van der Waals surface area contributed by atoms with E-state index in [1.807, 2.05) is 6.33 Å². The van der Waals surface area contributed by atoms with Crippen molar-refractivity contribution in [1.82, 2.24) is 9.55 Å². The molecule has 0 aliphatic carbocycles. The van der Waals surface area contributed by atoms with E-state index in [9.17, 15) is 0 Å². The third-order valence-corrected chi connectivity index (χ3v) is 7.62. The molecule has 0 bridgehead atoms. The van der Waals surface area contributed by atoms with Gasteiger partial charge in [-0.05, 0) is 37.3 Å². The Kier molecular flexibility index (Phi) is 2.79. The van der Waals surface area contributed by atoms with Crippen LogP contribution in [0, 0.1) is 12.3 Å². The topological polar surface area (TPSA) is 21.1 Å². The SMILES string of the molecule is Cc1cccc2c1N1[C@@H](C)c3ncn(C)c3C1(C)C(C)(C)C2(C)C. The molecule has 1 aromatic carbocycles. The second-order valence-corrected chi connectivity index (χ2v) is 8.93. The number of aromatic nitrogens is 2. The van der Waals surface area contributed by atoms with Gasteiger partial charge in [0, 0.05) is 18.2 Å². The van der Waals surface area contributed by atoms with Crippen LogP contribution in [0.15, 0.2) is 24.5 Å². The molecule has 0 fully saturated rings. The molecular formula is C21H29N3. The Morgan fingerprint density at radius 3 is 2.42 bits per heavy atom. The predicted octanol–water partition coefficient (Wildman–Crippen LogP) is 4.84. The average molecular weight is 323 g/mol. The molecule has 3 heterocycles. The van der Waals surface area contributed by atoms with Gasteiger partial charge in [-0.25, -0.2) is 4.98 Å². The van der Waals surface area contributed by atoms with Crippen molar-refractivity contribution in [2.75, 3.05) is 4.90 Å². The lowest BCUT2D eigenvalue weighted by Gasteiger charge is -2.62. The quantitative estimate of drug-likeness (QED) is 0.691. The van der Waals surface area contributed by atoms with Crippen molar-refractivity contribution in [2.24, 2.45) is 12.5 Å². The summed E-state index contributed by atoms with van der Waals surface area (Å²) >= 11 is 0. The van der Waals surface area contributed by atoms with Crippen LogP contribution in [0.1, 0.15) is 70.1 Å². The lowest BCUT2D eigenvalue weighted by Crippen LogP contribution is -2.62. The van der Waals surface area contributed by atoms with Gasteiger partial charge >= 0.3 is 0 Å². The second kappa shape index (κ2) is 4.25. The van der Waals surface area contributed by atoms with E-state index in [-0.39, 0.29) is 16.4 Å². The smallest absolute Gasteiger partial charge is 0.0950 e. The molecule has 0 saturated heterocycles. The highest BCUT2D eigenvalue weighted by atomic mass is 15.3. The number of nitrogens with zero attached hydrogens (tertiary/aromatic N) is 3. The Bertz CT molecular complexity index is 843. The minimum Gasteiger partial charge on any atom is -0.351 e. The Morgan fingerprint density at radius 1 is 1.08 bits per heavy atom. The van der Waals surface area contributed by atoms with Crippen LogP contribution in [0.4, 0.5) is 5.69 Å². The van der Waals surface area contributed by atoms with Gasteiger partial charge in [-0.3, -0.25) is 0 Å². The van der Waals surface area contributed by atoms with Gasteiger partial charge in [0.1, 0.15) is 0 Å². The van der Waals surface area contributed by atoms with Gasteiger partial charge in [0.2, 0.25) is 0 Å². The maximum atomic E-state index is 4.78. The molecule has 3 heteroatoms. The standard InChI is InChI=1S/C21H29N3/c1-13-10-9-11-15-17(13)24-14(2)16-18(23(8)12-22-16)21(24,7)20(5,6)19(15,3)4/h9-12,14H,1-8H3/t14-,21?/m0/s1. The first-order chi connectivity index (χ1) is 11.1. The molecule has 0 spiro atoms. The zero-order valence-corrected chi connectivity index (χ0v) is 16.2. The van der Waals surface area contributed by atoms with E-state index in [4.69, 9.17) is 4.98 Å². The first kappa shape index (κ1) is 15.7. The van der Waals surface area contributed by atoms with Crippen LogP contribution >= 0.6 is 0 Å². The summed E-state index contributed by atoms with van der Waals surface area (Å²) in [7, 11) is 2.14. The maximum Gasteiger partial charge on any atom is 0.0950 e. The molecule has 128 valence electrons. The van der Waals surface area contributed by atoms with Gasteiger partial charge in [-0.1, -0.05) is 45.9 Å². The van der Waals surface area contributed by atoms with E-state index in [0.717, 1.165) is 0 Å². The number of imidazole rings is 1. The van der Waals surface area contributed by atoms with Crippen molar-refractivity contribution in [1.29, 1.82) is 0 Å². The number of fused-ring (bicyclic) bond motifs is 5. The monoisotopic (exact) mass is 323 g/mol. The van der Waals surface area contributed by atoms with E-state index in [0.29, 0.717) is 6.04 Å². The number of rotatable bonds is 0. The third kappa shape index (κ3) is 1.40. The average Bonchev–Trinajstić information content (AvgIpc) is 2.98. The number of hydrogen-bond acceptors (Lipinski definition) is 2. The Morgan fingerprint density at radius 2 is 1.75 bits per heavy atom. The predicted molar refractivity (Wildman–Crippen MR) is 99.4 cm³/mol. The van der Waals surface area contributed by atoms with E-state index in [1.54, 1.807) is 0 Å². The van der Waals surface area contributed by atoms with E-state index in [1.165, 1.54) is 28.2 Å². The molecule has 0 N–H and O–H groups in total. The molecule has 4 rings (SSSR count). The van der Waals surface area contributed by atoms with Crippen molar-refractivity contribution in [3.05, 3.63) is 47.0 Å². The first-order valence-electron chi connectivity index (χ1n) is 8.98. The van der Waals surface area contributed by atoms with Crippen molar-refractivity contribution in [3.63, 3.8) is 0 Å².